The summed E-state index contributed by atoms with van der Waals surface area (Å²) in [4.78, 5) is 1.13. The number of nitrogens with zero attached hydrogens (tertiary/aromatic N) is 1. The van der Waals surface area contributed by atoms with E-state index in [9.17, 15) is 8.42 Å². The molecule has 1 aromatic heterocycles. The molecule has 0 aliphatic carbocycles. The fourth-order valence-electron chi connectivity index (χ4n) is 2.54. The summed E-state index contributed by atoms with van der Waals surface area (Å²) in [5, 5.41) is 0. The zero-order valence-electron chi connectivity index (χ0n) is 11.2. The number of thiophene rings is 1. The van der Waals surface area contributed by atoms with Crippen molar-refractivity contribution < 1.29 is 8.42 Å². The van der Waals surface area contributed by atoms with E-state index in [4.69, 9.17) is 5.73 Å². The summed E-state index contributed by atoms with van der Waals surface area (Å²) in [6.07, 6.45) is 4.07. The molecule has 1 aromatic rings. The van der Waals surface area contributed by atoms with Gasteiger partial charge in [0.25, 0.3) is 0 Å². The van der Waals surface area contributed by atoms with Gasteiger partial charge in [0, 0.05) is 28.5 Å². The van der Waals surface area contributed by atoms with Crippen LogP contribution in [0.5, 0.6) is 0 Å². The van der Waals surface area contributed by atoms with E-state index in [-0.39, 0.29) is 6.04 Å². The summed E-state index contributed by atoms with van der Waals surface area (Å²) in [6, 6.07) is 2.00. The van der Waals surface area contributed by atoms with Crippen LogP contribution in [0.25, 0.3) is 0 Å². The Morgan fingerprint density at radius 2 is 2.25 bits per heavy atom. The van der Waals surface area contributed by atoms with Crippen LogP contribution in [-0.2, 0) is 10.0 Å². The summed E-state index contributed by atoms with van der Waals surface area (Å²) >= 11 is 8.57. The van der Waals surface area contributed by atoms with Gasteiger partial charge in [-0.3, -0.25) is 0 Å². The first-order valence-electron chi connectivity index (χ1n) is 6.43. The van der Waals surface area contributed by atoms with Crippen LogP contribution in [0.1, 0.15) is 30.2 Å². The Hall–Kier alpha value is 0.530. The van der Waals surface area contributed by atoms with Crippen LogP contribution in [0.15, 0.2) is 14.3 Å². The van der Waals surface area contributed by atoms with Crippen LogP contribution >= 0.6 is 43.2 Å². The maximum atomic E-state index is 11.6. The van der Waals surface area contributed by atoms with Crippen molar-refractivity contribution in [3.8, 4) is 0 Å². The Kier molecular flexibility index (Phi) is 5.70. The van der Waals surface area contributed by atoms with Crippen LogP contribution in [0.3, 0.4) is 0 Å². The van der Waals surface area contributed by atoms with Crippen molar-refractivity contribution in [1.82, 2.24) is 4.31 Å². The Balaban J connectivity index is 1.99. The van der Waals surface area contributed by atoms with Crippen molar-refractivity contribution in [3.05, 3.63) is 19.2 Å². The topological polar surface area (TPSA) is 63.4 Å². The molecule has 2 atom stereocenters. The number of nitrogens with two attached hydrogens (primary N) is 1. The minimum absolute atomic E-state index is 0.0351. The van der Waals surface area contributed by atoms with Crippen LogP contribution < -0.4 is 5.73 Å². The fourth-order valence-corrected chi connectivity index (χ4v) is 5.59. The Labute approximate surface area is 141 Å². The predicted molar refractivity (Wildman–Crippen MR) is 90.4 cm³/mol. The minimum Gasteiger partial charge on any atom is -0.323 e. The van der Waals surface area contributed by atoms with E-state index in [1.54, 1.807) is 15.6 Å². The third-order valence-corrected chi connectivity index (χ3v) is 8.23. The van der Waals surface area contributed by atoms with Gasteiger partial charge in [-0.15, -0.1) is 11.3 Å². The smallest absolute Gasteiger partial charge is 0.211 e. The zero-order chi connectivity index (χ0) is 14.9. The second-order valence-corrected chi connectivity index (χ2v) is 10.5. The highest BCUT2D eigenvalue weighted by Gasteiger charge is 2.27. The van der Waals surface area contributed by atoms with Gasteiger partial charge in [-0.2, -0.15) is 0 Å². The lowest BCUT2D eigenvalue weighted by Gasteiger charge is -2.32. The SMILES string of the molecule is CS(=O)(=O)N1CCCC(CC(N)c2cc(Br)c(Br)s2)C1. The van der Waals surface area contributed by atoms with Crippen molar-refractivity contribution in [1.29, 1.82) is 0 Å². The van der Waals surface area contributed by atoms with Crippen molar-refractivity contribution in [2.75, 3.05) is 19.3 Å². The molecule has 8 heteroatoms. The van der Waals surface area contributed by atoms with Gasteiger partial charge in [0.05, 0.1) is 10.0 Å². The van der Waals surface area contributed by atoms with Gasteiger partial charge in [-0.05, 0) is 63.1 Å². The van der Waals surface area contributed by atoms with Crippen molar-refractivity contribution in [2.45, 2.75) is 25.3 Å². The number of rotatable bonds is 4. The molecule has 0 spiro atoms. The molecule has 1 saturated heterocycles. The van der Waals surface area contributed by atoms with Crippen LogP contribution in [-0.4, -0.2) is 32.1 Å². The van der Waals surface area contributed by atoms with Crippen LogP contribution in [0, 0.1) is 5.92 Å². The second kappa shape index (κ2) is 6.75. The summed E-state index contributed by atoms with van der Waals surface area (Å²) in [6.45, 7) is 1.24. The molecular weight excluding hydrogens is 428 g/mol. The summed E-state index contributed by atoms with van der Waals surface area (Å²) in [5.41, 5.74) is 6.26. The van der Waals surface area contributed by atoms with Crippen molar-refractivity contribution in [2.24, 2.45) is 11.7 Å². The number of piperidine rings is 1. The van der Waals surface area contributed by atoms with E-state index in [1.807, 2.05) is 6.07 Å². The molecule has 1 fully saturated rings. The maximum Gasteiger partial charge on any atom is 0.211 e. The molecule has 2 heterocycles. The molecule has 2 unspecified atom stereocenters. The minimum atomic E-state index is -3.08. The quantitative estimate of drug-likeness (QED) is 0.772. The lowest BCUT2D eigenvalue weighted by molar-refractivity contribution is 0.247. The molecule has 2 N–H and O–H groups in total. The largest absolute Gasteiger partial charge is 0.323 e. The molecular formula is C12H18Br2N2O2S2. The van der Waals surface area contributed by atoms with E-state index >= 15 is 0 Å². The van der Waals surface area contributed by atoms with E-state index < -0.39 is 10.0 Å². The van der Waals surface area contributed by atoms with Crippen molar-refractivity contribution in [3.63, 3.8) is 0 Å². The Morgan fingerprint density at radius 1 is 1.55 bits per heavy atom. The molecule has 1 aliphatic heterocycles. The highest BCUT2D eigenvalue weighted by Crippen LogP contribution is 2.37. The lowest BCUT2D eigenvalue weighted by atomic mass is 9.92. The van der Waals surface area contributed by atoms with E-state index in [1.165, 1.54) is 6.26 Å². The van der Waals surface area contributed by atoms with Gasteiger partial charge >= 0.3 is 0 Å². The number of hydrogen-bond donors (Lipinski definition) is 1. The van der Waals surface area contributed by atoms with E-state index in [0.29, 0.717) is 19.0 Å². The van der Waals surface area contributed by atoms with Gasteiger partial charge in [0.1, 0.15) is 0 Å². The van der Waals surface area contributed by atoms with E-state index in [0.717, 1.165) is 32.4 Å². The highest BCUT2D eigenvalue weighted by atomic mass is 79.9. The summed E-state index contributed by atoms with van der Waals surface area (Å²) < 4.78 is 26.9. The van der Waals surface area contributed by atoms with Gasteiger partial charge in [0.15, 0.2) is 0 Å². The second-order valence-electron chi connectivity index (χ2n) is 5.24. The Morgan fingerprint density at radius 3 is 2.80 bits per heavy atom. The third kappa shape index (κ3) is 4.27. The number of halogens is 2. The van der Waals surface area contributed by atoms with Gasteiger partial charge < -0.3 is 5.73 Å². The molecule has 0 bridgehead atoms. The molecule has 0 amide bonds. The molecule has 1 aliphatic rings. The third-order valence-electron chi connectivity index (χ3n) is 3.57. The molecule has 0 saturated carbocycles. The lowest BCUT2D eigenvalue weighted by Crippen LogP contribution is -2.40. The van der Waals surface area contributed by atoms with Crippen molar-refractivity contribution >= 4 is 53.2 Å². The summed E-state index contributed by atoms with van der Waals surface area (Å²) in [7, 11) is -3.08. The average Bonchev–Trinajstić information content (AvgIpc) is 2.69. The Bertz CT molecular complexity index is 555. The molecule has 20 heavy (non-hydrogen) atoms. The first-order chi connectivity index (χ1) is 9.27. The normalized spacial score (nSPS) is 22.9. The van der Waals surface area contributed by atoms with Gasteiger partial charge in [0.2, 0.25) is 10.0 Å². The van der Waals surface area contributed by atoms with Crippen LogP contribution in [0.4, 0.5) is 0 Å². The standard InChI is InChI=1S/C12H18Br2N2O2S2/c1-20(17,18)16-4-2-3-8(7-16)5-10(15)11-6-9(13)12(14)19-11/h6,8,10H,2-5,7,15H2,1H3. The molecule has 4 nitrogen and oxygen atoms in total. The van der Waals surface area contributed by atoms with Gasteiger partial charge in [-0.1, -0.05) is 0 Å². The molecule has 0 aromatic carbocycles. The molecule has 114 valence electrons. The van der Waals surface area contributed by atoms with Gasteiger partial charge in [-0.25, -0.2) is 12.7 Å². The molecule has 2 rings (SSSR count). The maximum absolute atomic E-state index is 11.6. The summed E-state index contributed by atoms with van der Waals surface area (Å²) in [5.74, 6) is 0.341. The number of sulfonamides is 1. The predicted octanol–water partition coefficient (Wildman–Crippen LogP) is 3.33. The first-order valence-corrected chi connectivity index (χ1v) is 10.7. The fraction of sp³-hybridized carbons (Fsp3) is 0.667. The van der Waals surface area contributed by atoms with Crippen LogP contribution in [0.2, 0.25) is 0 Å². The van der Waals surface area contributed by atoms with E-state index in [2.05, 4.69) is 31.9 Å². The monoisotopic (exact) mass is 444 g/mol. The first kappa shape index (κ1) is 16.9. The zero-order valence-corrected chi connectivity index (χ0v) is 16.0. The average molecular weight is 446 g/mol. The number of hydrogen-bond acceptors (Lipinski definition) is 4. The highest BCUT2D eigenvalue weighted by molar-refractivity contribution is 9.13. The molecule has 0 radical (unpaired) electrons.